The zero-order valence-electron chi connectivity index (χ0n) is 35.2. The smallest absolute Gasteiger partial charge is 0.425 e. The minimum Gasteiger partial charge on any atom is -0.426 e. The van der Waals surface area contributed by atoms with Crippen LogP contribution in [-0.4, -0.2) is 91.6 Å². The lowest BCUT2D eigenvalue weighted by Gasteiger charge is -2.08. The van der Waals surface area contributed by atoms with Crippen LogP contribution in [0.3, 0.4) is 0 Å². The van der Waals surface area contributed by atoms with Gasteiger partial charge in [-0.1, -0.05) is 72.8 Å². The van der Waals surface area contributed by atoms with Gasteiger partial charge < -0.3 is 4.74 Å². The van der Waals surface area contributed by atoms with E-state index in [1.165, 1.54) is 37.3 Å². The quantitative estimate of drug-likeness (QED) is 0.0474. The van der Waals surface area contributed by atoms with Crippen LogP contribution in [0.4, 0.5) is 11.4 Å². The Hall–Kier alpha value is -8.60. The summed E-state index contributed by atoms with van der Waals surface area (Å²) in [4.78, 5) is 27.6. The van der Waals surface area contributed by atoms with Gasteiger partial charge in [-0.3, -0.25) is 18.7 Å². The predicted molar refractivity (Wildman–Crippen MR) is 248 cm³/mol. The lowest BCUT2D eigenvalue weighted by atomic mass is 10.1. The topological polar surface area (TPSA) is 307 Å². The third kappa shape index (κ3) is 8.61. The fourth-order valence-electron chi connectivity index (χ4n) is 7.99. The second-order valence-electron chi connectivity index (χ2n) is 15.0. The Morgan fingerprint density at radius 2 is 1.24 bits per heavy atom. The number of ketones is 1. The van der Waals surface area contributed by atoms with E-state index < -0.39 is 41.5 Å². The maximum absolute atomic E-state index is 13.0. The summed E-state index contributed by atoms with van der Waals surface area (Å²) in [5.41, 5.74) is 6.22. The van der Waals surface area contributed by atoms with Crippen LogP contribution in [0.1, 0.15) is 28.4 Å². The number of carbonyl (C=O) groups excluding carboxylic acids is 2. The molecule has 0 aliphatic carbocycles. The van der Waals surface area contributed by atoms with E-state index in [9.17, 15) is 35.5 Å². The summed E-state index contributed by atoms with van der Waals surface area (Å²) in [6.45, 7) is 1.63. The van der Waals surface area contributed by atoms with Gasteiger partial charge in [-0.15, -0.1) is 53.7 Å². The highest BCUT2D eigenvalue weighted by atomic mass is 32.2. The van der Waals surface area contributed by atoms with E-state index >= 15 is 0 Å². The van der Waals surface area contributed by atoms with Crippen molar-refractivity contribution in [3.8, 4) is 17.1 Å². The Labute approximate surface area is 394 Å². The highest BCUT2D eigenvalue weighted by Gasteiger charge is 2.30. The molecule has 2 N–H and O–H groups in total. The molecule has 23 nitrogen and oxygen atoms in total. The van der Waals surface area contributed by atoms with E-state index in [-0.39, 0.29) is 44.6 Å². The van der Waals surface area contributed by atoms with Crippen molar-refractivity contribution in [2.75, 3.05) is 0 Å². The Morgan fingerprint density at radius 3 is 1.87 bits per heavy atom. The molecule has 0 radical (unpaired) electrons. The number of azo groups is 1. The van der Waals surface area contributed by atoms with Crippen molar-refractivity contribution in [3.63, 3.8) is 0 Å². The first-order chi connectivity index (χ1) is 33.3. The van der Waals surface area contributed by atoms with Gasteiger partial charge in [0.1, 0.15) is 38.3 Å². The van der Waals surface area contributed by atoms with Gasteiger partial charge in [0.05, 0.1) is 16.3 Å². The van der Waals surface area contributed by atoms with Gasteiger partial charge in [0, 0.05) is 22.4 Å². The molecule has 4 heterocycles. The number of rotatable bonds is 11. The van der Waals surface area contributed by atoms with Crippen molar-refractivity contribution in [2.45, 2.75) is 16.7 Å². The number of ether oxygens (including phenoxy) is 1. The number of benzene rings is 7. The molecule has 0 aliphatic heterocycles. The van der Waals surface area contributed by atoms with E-state index in [1.54, 1.807) is 80.8 Å². The van der Waals surface area contributed by atoms with E-state index in [2.05, 4.69) is 10.2 Å². The van der Waals surface area contributed by atoms with Crippen molar-refractivity contribution in [1.29, 1.82) is 0 Å². The number of nitrogens with zero attached hydrogens (tertiary/aromatic N) is 8. The van der Waals surface area contributed by atoms with E-state index in [0.29, 0.717) is 33.4 Å². The normalized spacial score (nSPS) is 12.2. The molecule has 27 heteroatoms. The molecular weight excluding hydrogens is 997 g/mol. The van der Waals surface area contributed by atoms with E-state index in [1.807, 2.05) is 50.5 Å². The van der Waals surface area contributed by atoms with Crippen molar-refractivity contribution in [1.82, 2.24) is 28.1 Å². The van der Waals surface area contributed by atoms with Gasteiger partial charge in [0.25, 0.3) is 26.7 Å². The largest absolute Gasteiger partial charge is 0.426 e. The number of hydrogen-bond acceptors (Lipinski definition) is 15. The molecule has 0 saturated heterocycles. The number of hydrogen-bond donors (Lipinski definition) is 2. The van der Waals surface area contributed by atoms with E-state index in [0.717, 1.165) is 32.8 Å². The minimum atomic E-state index is -4.60. The molecule has 0 spiro atoms. The maximum Gasteiger partial charge on any atom is 0.425 e. The van der Waals surface area contributed by atoms with Crippen LogP contribution in [0, 0.1) is 0 Å². The predicted octanol–water partition coefficient (Wildman–Crippen LogP) is 6.27. The molecule has 0 atom stereocenters. The summed E-state index contributed by atoms with van der Waals surface area (Å²) >= 11 is 0. The van der Waals surface area contributed by atoms with E-state index in [4.69, 9.17) is 30.0 Å². The van der Waals surface area contributed by atoms with Crippen LogP contribution >= 0.6 is 0 Å². The molecule has 11 aromatic rings. The Morgan fingerprint density at radius 1 is 0.629 bits per heavy atom. The second kappa shape index (κ2) is 17.5. The molecule has 0 saturated carbocycles. The summed E-state index contributed by atoms with van der Waals surface area (Å²) in [6, 6.07) is 34.5. The molecule has 354 valence electrons. The monoisotopic (exact) mass is 1020 g/mol. The van der Waals surface area contributed by atoms with Crippen molar-refractivity contribution in [2.24, 2.45) is 10.2 Å². The average molecular weight is 1030 g/mol. The molecule has 70 heavy (non-hydrogen) atoms. The number of Topliss-reactive ketones (excluding diaryl/α,β-unsaturated/α-hetero) is 1. The lowest BCUT2D eigenvalue weighted by molar-refractivity contribution is -0.120. The minimum absolute atomic E-state index is 0.0305. The third-order valence-electron chi connectivity index (χ3n) is 10.9. The SMILES string of the molecule is CC(=O)c1cc(N=Nc2ccc(C=Cc3ccc(-n4n5c6ccc7ccccc7c6n45)cc3S(=O)(=O)O)cc2)c(OC=O)cc1-n1n2c3ccc4cc(S(=O)(=O)O)ccc4c3n12.O=S(=O)=O.O=S(=O)=O. The summed E-state index contributed by atoms with van der Waals surface area (Å²) in [7, 11) is -15.2. The Bertz CT molecular complexity index is 4420. The summed E-state index contributed by atoms with van der Waals surface area (Å²) in [6.07, 6.45) is 3.28. The molecule has 0 aliphatic rings. The number of fused-ring (bicyclic) bond motifs is 12. The third-order valence-corrected chi connectivity index (χ3v) is 12.7. The number of carbonyl (C=O) groups is 2. The molecule has 0 bridgehead atoms. The van der Waals surface area contributed by atoms with Crippen LogP contribution in [0.2, 0.25) is 0 Å². The summed E-state index contributed by atoms with van der Waals surface area (Å²) < 4.78 is 132. The fourth-order valence-corrected chi connectivity index (χ4v) is 9.21. The van der Waals surface area contributed by atoms with Gasteiger partial charge in [0.15, 0.2) is 11.5 Å². The van der Waals surface area contributed by atoms with Gasteiger partial charge in [0.2, 0.25) is 0 Å². The standard InChI is InChI=1S/C43H28N8O9S2.2O3S/c1-25(53)35-22-36(40(60-24-52)23-39(35)49-48-38-19-12-29-20-32(61(54,55)56)16-17-34(29)43(38)51(48)49)45-44-30-13-7-26(8-14-30)6-9-28-10-15-31(21-41(28)62(57,58)59)46-47-37-18-11-27-4-2-3-5-33(27)42(37)50(46)47;2*1-4(2)3/h2-24H,1H3,(H,54,55,56)(H,57,58,59);;. The second-order valence-corrected chi connectivity index (χ2v) is 18.6. The molecular formula is C43H28N8O15S4. The first-order valence-electron chi connectivity index (χ1n) is 19.8. The van der Waals surface area contributed by atoms with Gasteiger partial charge in [-0.05, 0) is 83.4 Å². The van der Waals surface area contributed by atoms with Crippen LogP contribution < -0.4 is 4.74 Å². The van der Waals surface area contributed by atoms with Crippen LogP contribution in [0.25, 0.3) is 67.1 Å². The maximum atomic E-state index is 13.0. The van der Waals surface area contributed by atoms with Gasteiger partial charge in [-0.2, -0.15) is 26.7 Å². The Kier molecular flexibility index (Phi) is 11.6. The Balaban J connectivity index is 0.000000709. The zero-order valence-corrected chi connectivity index (χ0v) is 38.5. The molecule has 4 aromatic heterocycles. The molecule has 0 unspecified atom stereocenters. The summed E-state index contributed by atoms with van der Waals surface area (Å²) in [5, 5.41) is 12.1. The molecule has 0 fully saturated rings. The fraction of sp³-hybridized carbons (Fsp3) is 0.0233. The average Bonchev–Trinajstić information content (AvgIpc) is 4.16. The van der Waals surface area contributed by atoms with Crippen molar-refractivity contribution < 1.29 is 65.5 Å². The van der Waals surface area contributed by atoms with Gasteiger partial charge in [-0.25, -0.2) is 0 Å². The lowest BCUT2D eigenvalue weighted by Crippen LogP contribution is -2.02. The first kappa shape index (κ1) is 46.5. The summed E-state index contributed by atoms with van der Waals surface area (Å²) in [5.74, 6) is -0.271. The van der Waals surface area contributed by atoms with Gasteiger partial charge >= 0.3 is 21.2 Å². The zero-order chi connectivity index (χ0) is 50.0. The molecule has 7 aromatic carbocycles. The molecule has 11 rings (SSSR count). The molecule has 0 amide bonds. The van der Waals surface area contributed by atoms with Crippen LogP contribution in [0.15, 0.2) is 141 Å². The first-order valence-corrected chi connectivity index (χ1v) is 24.7. The van der Waals surface area contributed by atoms with Crippen molar-refractivity contribution in [3.05, 3.63) is 138 Å². The van der Waals surface area contributed by atoms with Crippen molar-refractivity contribution >= 4 is 121 Å². The highest BCUT2D eigenvalue weighted by Crippen LogP contribution is 2.39. The van der Waals surface area contributed by atoms with Crippen LogP contribution in [0.5, 0.6) is 5.75 Å². The number of aromatic nitrogens is 6. The van der Waals surface area contributed by atoms with Crippen LogP contribution in [-0.2, 0) is 46.2 Å². The highest BCUT2D eigenvalue weighted by molar-refractivity contribution is 7.86.